The number of carbonyl (C=O) groups is 5. The number of rotatable bonds is 7. The highest BCUT2D eigenvalue weighted by molar-refractivity contribution is 5.96. The first-order valence-electron chi connectivity index (χ1n) is 15.3. The fraction of sp³-hybridized carbons (Fsp3) is 0.324. The number of nitrogens with two attached hydrogens (primary N) is 1. The molecule has 0 aliphatic carbocycles. The van der Waals surface area contributed by atoms with Gasteiger partial charge in [-0.2, -0.15) is 13.2 Å². The van der Waals surface area contributed by atoms with E-state index in [1.807, 2.05) is 60.7 Å². The number of phenolic OH excluding ortho intramolecular Hbond substituents is 1. The maximum absolute atomic E-state index is 13.7. The van der Waals surface area contributed by atoms with Crippen LogP contribution in [0.25, 0.3) is 0 Å². The third kappa shape index (κ3) is 10.3. The molecule has 0 saturated carbocycles. The lowest BCUT2D eigenvalue weighted by molar-refractivity contribution is -0.192. The van der Waals surface area contributed by atoms with Gasteiger partial charge >= 0.3 is 12.1 Å². The number of nitrogens with one attached hydrogen (secondary N) is 3. The maximum Gasteiger partial charge on any atom is 0.490 e. The van der Waals surface area contributed by atoms with E-state index < -0.39 is 60.1 Å². The van der Waals surface area contributed by atoms with E-state index in [1.54, 1.807) is 12.1 Å². The van der Waals surface area contributed by atoms with E-state index in [4.69, 9.17) is 15.6 Å². The highest BCUT2D eigenvalue weighted by Gasteiger charge is 2.44. The quantitative estimate of drug-likeness (QED) is 0.216. The summed E-state index contributed by atoms with van der Waals surface area (Å²) in [6.07, 6.45) is -4.21. The number of carbonyl (C=O) groups excluding carboxylic acids is 4. The zero-order valence-corrected chi connectivity index (χ0v) is 26.1. The van der Waals surface area contributed by atoms with E-state index in [-0.39, 0.29) is 43.9 Å². The van der Waals surface area contributed by atoms with Crippen LogP contribution in [0.4, 0.5) is 13.2 Å². The van der Waals surface area contributed by atoms with Crippen molar-refractivity contribution >= 4 is 29.6 Å². The molecule has 12 nitrogen and oxygen atoms in total. The molecule has 15 heteroatoms. The predicted octanol–water partition coefficient (Wildman–Crippen LogP) is 1.45. The highest BCUT2D eigenvalue weighted by atomic mass is 19.4. The number of fused-ring (bicyclic) bond motifs is 2. The third-order valence-corrected chi connectivity index (χ3v) is 8.02. The molecular weight excluding hydrogens is 647 g/mol. The Labute approximate surface area is 279 Å². The minimum absolute atomic E-state index is 0.106. The first-order valence-corrected chi connectivity index (χ1v) is 15.3. The largest absolute Gasteiger partial charge is 0.508 e. The minimum Gasteiger partial charge on any atom is -0.508 e. The standard InChI is InChI=1S/C32H35N5O5.C2HF3O2/c33-25(15-22-11-13-24(38)14-12-22)32(42)37-19-23-18-28(37)31(41)36-27(17-21-9-5-2-6-10-21)30(40)35-26(29(39)34-23)16-20-7-3-1-4-8-20;3-2(4,5)1(6)7/h1-14,23,25-28,38H,15-19,33H2,(H,34,39)(H,35,40)(H,36,41);(H,6,7)/t23-,25-,26-,27+,28-;/m0./s1. The molecule has 5 rings (SSSR count). The molecule has 2 bridgehead atoms. The molecular formula is C34H36F3N5O7. The topological polar surface area (TPSA) is 191 Å². The van der Waals surface area contributed by atoms with Crippen molar-refractivity contribution in [3.63, 3.8) is 0 Å². The van der Waals surface area contributed by atoms with Crippen LogP contribution in [0.15, 0.2) is 84.9 Å². The van der Waals surface area contributed by atoms with Gasteiger partial charge in [0.1, 0.15) is 23.9 Å². The predicted molar refractivity (Wildman–Crippen MR) is 170 cm³/mol. The van der Waals surface area contributed by atoms with Gasteiger partial charge in [0.2, 0.25) is 23.6 Å². The monoisotopic (exact) mass is 683 g/mol. The smallest absolute Gasteiger partial charge is 0.490 e. The lowest BCUT2D eigenvalue weighted by Gasteiger charge is -2.29. The van der Waals surface area contributed by atoms with Crippen LogP contribution >= 0.6 is 0 Å². The normalized spacial score (nSPS) is 21.6. The summed E-state index contributed by atoms with van der Waals surface area (Å²) in [6, 6.07) is 20.9. The SMILES string of the molecule is N[C@@H](Cc1ccc(O)cc1)C(=O)N1C[C@@H]2C[C@H]1C(=O)N[C@H](Cc1ccccc1)C(=O)N[C@@H](Cc1ccccc1)C(=O)N2.O=C(O)C(F)(F)F. The molecule has 4 amide bonds. The molecule has 2 fully saturated rings. The molecule has 260 valence electrons. The minimum atomic E-state index is -5.08. The van der Waals surface area contributed by atoms with Crippen LogP contribution in [-0.2, 0) is 43.2 Å². The fourth-order valence-corrected chi connectivity index (χ4v) is 5.58. The fourth-order valence-electron chi connectivity index (χ4n) is 5.58. The summed E-state index contributed by atoms with van der Waals surface area (Å²) in [4.78, 5) is 64.7. The van der Waals surface area contributed by atoms with Crippen LogP contribution in [0.1, 0.15) is 23.1 Å². The molecule has 0 radical (unpaired) electrons. The van der Waals surface area contributed by atoms with Crippen LogP contribution in [0, 0.1) is 0 Å². The lowest BCUT2D eigenvalue weighted by atomic mass is 10.0. The molecule has 0 aromatic heterocycles. The summed E-state index contributed by atoms with van der Waals surface area (Å²) in [7, 11) is 0. The van der Waals surface area contributed by atoms with Crippen molar-refractivity contribution in [1.82, 2.24) is 20.9 Å². The average Bonchev–Trinajstić information content (AvgIpc) is 3.48. The first-order chi connectivity index (χ1) is 23.2. The van der Waals surface area contributed by atoms with Gasteiger partial charge in [0.25, 0.3) is 0 Å². The van der Waals surface area contributed by atoms with Crippen LogP contribution in [0.5, 0.6) is 5.75 Å². The molecule has 3 aromatic rings. The summed E-state index contributed by atoms with van der Waals surface area (Å²) in [5.74, 6) is -4.42. The first kappa shape index (κ1) is 36.4. The molecule has 0 spiro atoms. The van der Waals surface area contributed by atoms with Gasteiger partial charge in [-0.25, -0.2) is 4.79 Å². The summed E-state index contributed by atoms with van der Waals surface area (Å²) < 4.78 is 31.7. The number of halogens is 3. The summed E-state index contributed by atoms with van der Waals surface area (Å²) >= 11 is 0. The Bertz CT molecular complexity index is 1620. The summed E-state index contributed by atoms with van der Waals surface area (Å²) in [6.45, 7) is 0.112. The Morgan fingerprint density at radius 1 is 0.776 bits per heavy atom. The van der Waals surface area contributed by atoms with E-state index in [9.17, 15) is 37.5 Å². The zero-order chi connectivity index (χ0) is 35.7. The van der Waals surface area contributed by atoms with E-state index in [1.165, 1.54) is 17.0 Å². The second-order valence-corrected chi connectivity index (χ2v) is 11.7. The van der Waals surface area contributed by atoms with Gasteiger partial charge in [0.15, 0.2) is 0 Å². The number of hydrogen-bond acceptors (Lipinski definition) is 7. The molecule has 2 heterocycles. The number of phenols is 1. The Balaban J connectivity index is 0.000000698. The Hall–Kier alpha value is -5.44. The second kappa shape index (κ2) is 16.1. The van der Waals surface area contributed by atoms with Crippen LogP contribution in [0.2, 0.25) is 0 Å². The van der Waals surface area contributed by atoms with Gasteiger partial charge in [-0.15, -0.1) is 0 Å². The zero-order valence-electron chi connectivity index (χ0n) is 26.1. The Kier molecular flexibility index (Phi) is 12.0. The van der Waals surface area contributed by atoms with Gasteiger partial charge in [0.05, 0.1) is 6.04 Å². The van der Waals surface area contributed by atoms with E-state index in [0.717, 1.165) is 16.7 Å². The molecule has 2 aliphatic heterocycles. The van der Waals surface area contributed by atoms with E-state index in [0.29, 0.717) is 0 Å². The van der Waals surface area contributed by atoms with Gasteiger partial charge in [-0.1, -0.05) is 72.8 Å². The lowest BCUT2D eigenvalue weighted by Crippen LogP contribution is -2.59. The van der Waals surface area contributed by atoms with Crippen molar-refractivity contribution in [2.75, 3.05) is 6.54 Å². The number of nitrogens with zero attached hydrogens (tertiary/aromatic N) is 1. The highest BCUT2D eigenvalue weighted by Crippen LogP contribution is 2.22. The number of carboxylic acids is 1. The third-order valence-electron chi connectivity index (χ3n) is 8.02. The van der Waals surface area contributed by atoms with Gasteiger partial charge < -0.3 is 36.8 Å². The number of hydrogen-bond donors (Lipinski definition) is 6. The van der Waals surface area contributed by atoms with Crippen molar-refractivity contribution in [1.29, 1.82) is 0 Å². The number of amides is 4. The summed E-state index contributed by atoms with van der Waals surface area (Å²) in [5.41, 5.74) is 8.78. The summed E-state index contributed by atoms with van der Waals surface area (Å²) in [5, 5.41) is 25.4. The number of aliphatic carboxylic acids is 1. The van der Waals surface area contributed by atoms with Crippen molar-refractivity contribution in [3.8, 4) is 5.75 Å². The number of carboxylic acid groups (broad SMARTS) is 1. The van der Waals surface area contributed by atoms with Crippen molar-refractivity contribution < 1.29 is 47.4 Å². The van der Waals surface area contributed by atoms with Crippen molar-refractivity contribution in [3.05, 3.63) is 102 Å². The second-order valence-electron chi connectivity index (χ2n) is 11.7. The van der Waals surface area contributed by atoms with Crippen LogP contribution < -0.4 is 21.7 Å². The van der Waals surface area contributed by atoms with Crippen molar-refractivity contribution in [2.45, 2.75) is 62.1 Å². The van der Waals surface area contributed by atoms with Crippen molar-refractivity contribution in [2.24, 2.45) is 5.73 Å². The number of likely N-dealkylation sites (tertiary alicyclic amines) is 1. The molecule has 0 unspecified atom stereocenters. The average molecular weight is 684 g/mol. The number of alkyl halides is 3. The van der Waals surface area contributed by atoms with E-state index in [2.05, 4.69) is 16.0 Å². The Morgan fingerprint density at radius 3 is 1.73 bits per heavy atom. The van der Waals surface area contributed by atoms with Gasteiger partial charge in [-0.05, 0) is 41.7 Å². The van der Waals surface area contributed by atoms with Gasteiger partial charge in [0, 0.05) is 25.4 Å². The molecule has 5 atom stereocenters. The van der Waals surface area contributed by atoms with Gasteiger partial charge in [-0.3, -0.25) is 19.2 Å². The van der Waals surface area contributed by atoms with Crippen LogP contribution in [-0.4, -0.2) is 87.6 Å². The molecule has 3 aromatic carbocycles. The van der Waals surface area contributed by atoms with E-state index >= 15 is 0 Å². The molecule has 49 heavy (non-hydrogen) atoms. The maximum atomic E-state index is 13.7. The van der Waals surface area contributed by atoms with Crippen LogP contribution in [0.3, 0.4) is 0 Å². The molecule has 7 N–H and O–H groups in total. The number of benzene rings is 3. The molecule has 2 saturated heterocycles. The Morgan fingerprint density at radius 2 is 1.24 bits per heavy atom. The molecule has 2 aliphatic rings. The number of aromatic hydroxyl groups is 1.